The van der Waals surface area contributed by atoms with Crippen LogP contribution in [0, 0.1) is 0 Å². The molecule has 130 valence electrons. The van der Waals surface area contributed by atoms with E-state index >= 15 is 0 Å². The molecule has 25 heavy (non-hydrogen) atoms. The summed E-state index contributed by atoms with van der Waals surface area (Å²) in [4.78, 5) is 16.2. The zero-order chi connectivity index (χ0) is 17.9. The number of hydrazone groups is 1. The first kappa shape index (κ1) is 17.0. The van der Waals surface area contributed by atoms with Crippen molar-refractivity contribution in [2.75, 3.05) is 6.61 Å². The second-order valence-corrected chi connectivity index (χ2v) is 6.84. The molecule has 1 atom stereocenters. The van der Waals surface area contributed by atoms with Crippen molar-refractivity contribution in [3.63, 3.8) is 0 Å². The van der Waals surface area contributed by atoms with Gasteiger partial charge in [-0.25, -0.2) is 5.43 Å². The summed E-state index contributed by atoms with van der Waals surface area (Å²) in [6.45, 7) is 6.52. The lowest BCUT2D eigenvalue weighted by Crippen LogP contribution is -2.42. The number of amides is 1. The number of fused-ring (bicyclic) bond motifs is 1. The van der Waals surface area contributed by atoms with E-state index < -0.39 is 6.10 Å². The molecular formula is C19H21N3O3. The van der Waals surface area contributed by atoms with E-state index in [2.05, 4.69) is 36.3 Å². The topological polar surface area (TPSA) is 72.8 Å². The summed E-state index contributed by atoms with van der Waals surface area (Å²) in [5.41, 5.74) is 4.43. The fourth-order valence-electron chi connectivity index (χ4n) is 2.36. The molecule has 0 bridgehead atoms. The molecule has 3 rings (SSSR count). The quantitative estimate of drug-likeness (QED) is 0.689. The summed E-state index contributed by atoms with van der Waals surface area (Å²) < 4.78 is 11.5. The van der Waals surface area contributed by atoms with Crippen molar-refractivity contribution >= 4 is 12.1 Å². The Kier molecular flexibility index (Phi) is 4.70. The van der Waals surface area contributed by atoms with Crippen LogP contribution < -0.4 is 14.9 Å². The van der Waals surface area contributed by atoms with Gasteiger partial charge in [0.1, 0.15) is 6.61 Å². The number of rotatable bonds is 3. The summed E-state index contributed by atoms with van der Waals surface area (Å²) in [5.74, 6) is 0.881. The molecule has 0 saturated heterocycles. The van der Waals surface area contributed by atoms with Crippen LogP contribution in [0.3, 0.4) is 0 Å². The molecule has 1 aromatic carbocycles. The molecule has 6 nitrogen and oxygen atoms in total. The summed E-state index contributed by atoms with van der Waals surface area (Å²) in [7, 11) is 0. The SMILES string of the molecule is CC(C)(C)c1ccc2c(c1)OC(C(=O)N/N=C\c1ccncc1)CO2. The van der Waals surface area contributed by atoms with Crippen molar-refractivity contribution in [2.24, 2.45) is 5.10 Å². The van der Waals surface area contributed by atoms with Crippen molar-refractivity contribution < 1.29 is 14.3 Å². The molecule has 1 aromatic heterocycles. The first-order valence-electron chi connectivity index (χ1n) is 8.10. The first-order chi connectivity index (χ1) is 11.9. The van der Waals surface area contributed by atoms with E-state index in [0.29, 0.717) is 11.5 Å². The number of ether oxygens (including phenoxy) is 2. The normalized spacial score (nSPS) is 16.7. The van der Waals surface area contributed by atoms with Gasteiger partial charge in [-0.1, -0.05) is 26.8 Å². The lowest BCUT2D eigenvalue weighted by Gasteiger charge is -2.27. The first-order valence-corrected chi connectivity index (χ1v) is 8.10. The highest BCUT2D eigenvalue weighted by atomic mass is 16.6. The molecule has 1 aliphatic heterocycles. The van der Waals surface area contributed by atoms with Gasteiger partial charge in [0.05, 0.1) is 6.21 Å². The number of benzene rings is 1. The van der Waals surface area contributed by atoms with Crippen molar-refractivity contribution in [1.82, 2.24) is 10.4 Å². The van der Waals surface area contributed by atoms with Gasteiger partial charge in [0, 0.05) is 12.4 Å². The van der Waals surface area contributed by atoms with Gasteiger partial charge in [-0.15, -0.1) is 0 Å². The van der Waals surface area contributed by atoms with Crippen molar-refractivity contribution in [3.8, 4) is 11.5 Å². The number of hydrogen-bond acceptors (Lipinski definition) is 5. The third kappa shape index (κ3) is 4.15. The third-order valence-electron chi connectivity index (χ3n) is 3.86. The van der Waals surface area contributed by atoms with E-state index in [9.17, 15) is 4.79 Å². The number of pyridine rings is 1. The number of nitrogens with zero attached hydrogens (tertiary/aromatic N) is 2. The zero-order valence-corrected chi connectivity index (χ0v) is 14.5. The van der Waals surface area contributed by atoms with Crippen molar-refractivity contribution in [2.45, 2.75) is 32.3 Å². The van der Waals surface area contributed by atoms with E-state index in [1.165, 1.54) is 0 Å². The Labute approximate surface area is 146 Å². The molecular weight excluding hydrogens is 318 g/mol. The summed E-state index contributed by atoms with van der Waals surface area (Å²) >= 11 is 0. The molecule has 0 spiro atoms. The summed E-state index contributed by atoms with van der Waals surface area (Å²) in [6.07, 6.45) is 4.13. The largest absolute Gasteiger partial charge is 0.485 e. The number of aromatic nitrogens is 1. The molecule has 0 saturated carbocycles. The molecule has 1 aliphatic rings. The molecule has 6 heteroatoms. The van der Waals surface area contributed by atoms with E-state index in [1.807, 2.05) is 18.2 Å². The highest BCUT2D eigenvalue weighted by Gasteiger charge is 2.28. The Morgan fingerprint density at radius 2 is 2.00 bits per heavy atom. The van der Waals surface area contributed by atoms with Crippen LogP contribution in [0.2, 0.25) is 0 Å². The zero-order valence-electron chi connectivity index (χ0n) is 14.5. The van der Waals surface area contributed by atoms with E-state index in [1.54, 1.807) is 30.7 Å². The Hall–Kier alpha value is -2.89. The number of nitrogens with one attached hydrogen (secondary N) is 1. The summed E-state index contributed by atoms with van der Waals surface area (Å²) in [5, 5.41) is 3.94. The standard InChI is InChI=1S/C19H21N3O3/c1-19(2,3)14-4-5-15-16(10-14)25-17(12-24-15)18(23)22-21-11-13-6-8-20-9-7-13/h4-11,17H,12H2,1-3H3,(H,22,23)/b21-11-. The van der Waals surface area contributed by atoms with Crippen LogP contribution >= 0.6 is 0 Å². The van der Waals surface area contributed by atoms with Crippen LogP contribution in [-0.4, -0.2) is 29.8 Å². The van der Waals surface area contributed by atoms with E-state index in [4.69, 9.17) is 9.47 Å². The van der Waals surface area contributed by atoms with Gasteiger partial charge in [-0.2, -0.15) is 5.10 Å². The molecule has 0 radical (unpaired) electrons. The van der Waals surface area contributed by atoms with Crippen molar-refractivity contribution in [1.29, 1.82) is 0 Å². The second-order valence-electron chi connectivity index (χ2n) is 6.84. The fraction of sp³-hybridized carbons (Fsp3) is 0.316. The second kappa shape index (κ2) is 6.93. The monoisotopic (exact) mass is 339 g/mol. The molecule has 1 N–H and O–H groups in total. The Balaban J connectivity index is 1.65. The fourth-order valence-corrected chi connectivity index (χ4v) is 2.36. The average molecular weight is 339 g/mol. The van der Waals surface area contributed by atoms with E-state index in [-0.39, 0.29) is 17.9 Å². The van der Waals surface area contributed by atoms with Gasteiger partial charge in [0.15, 0.2) is 11.5 Å². The molecule has 1 amide bonds. The Bertz CT molecular complexity index is 782. The highest BCUT2D eigenvalue weighted by Crippen LogP contribution is 2.36. The van der Waals surface area contributed by atoms with Crippen molar-refractivity contribution in [3.05, 3.63) is 53.9 Å². The Morgan fingerprint density at radius 1 is 1.24 bits per heavy atom. The summed E-state index contributed by atoms with van der Waals surface area (Å²) in [6, 6.07) is 9.41. The van der Waals surface area contributed by atoms with Crippen LogP contribution in [0.4, 0.5) is 0 Å². The number of hydrogen-bond donors (Lipinski definition) is 1. The highest BCUT2D eigenvalue weighted by molar-refractivity contribution is 5.84. The lowest BCUT2D eigenvalue weighted by atomic mass is 9.87. The minimum Gasteiger partial charge on any atom is -0.485 e. The molecule has 2 aromatic rings. The van der Waals surface area contributed by atoms with Crippen LogP contribution in [0.5, 0.6) is 11.5 Å². The van der Waals surface area contributed by atoms with Gasteiger partial charge in [0.2, 0.25) is 6.10 Å². The molecule has 2 heterocycles. The maximum atomic E-state index is 12.2. The molecule has 0 fully saturated rings. The minimum absolute atomic E-state index is 0.0115. The number of carbonyl (C=O) groups excluding carboxylic acids is 1. The average Bonchev–Trinajstić information content (AvgIpc) is 2.61. The van der Waals surface area contributed by atoms with Crippen LogP contribution in [0.1, 0.15) is 31.9 Å². The van der Waals surface area contributed by atoms with Gasteiger partial charge < -0.3 is 9.47 Å². The molecule has 1 unspecified atom stereocenters. The van der Waals surface area contributed by atoms with Crippen LogP contribution in [-0.2, 0) is 10.2 Å². The van der Waals surface area contributed by atoms with Gasteiger partial charge >= 0.3 is 0 Å². The van der Waals surface area contributed by atoms with Gasteiger partial charge in [-0.3, -0.25) is 9.78 Å². The van der Waals surface area contributed by atoms with Gasteiger partial charge in [-0.05, 0) is 40.8 Å². The van der Waals surface area contributed by atoms with E-state index in [0.717, 1.165) is 11.1 Å². The Morgan fingerprint density at radius 3 is 2.72 bits per heavy atom. The maximum Gasteiger partial charge on any atom is 0.284 e. The smallest absolute Gasteiger partial charge is 0.284 e. The number of carbonyl (C=O) groups is 1. The van der Waals surface area contributed by atoms with Crippen LogP contribution in [0.25, 0.3) is 0 Å². The van der Waals surface area contributed by atoms with Crippen LogP contribution in [0.15, 0.2) is 47.8 Å². The minimum atomic E-state index is -0.739. The molecule has 0 aliphatic carbocycles. The lowest BCUT2D eigenvalue weighted by molar-refractivity contribution is -0.130. The van der Waals surface area contributed by atoms with Gasteiger partial charge in [0.25, 0.3) is 5.91 Å². The predicted molar refractivity (Wildman–Crippen MR) is 95.0 cm³/mol. The third-order valence-corrected chi connectivity index (χ3v) is 3.86. The maximum absolute atomic E-state index is 12.2. The predicted octanol–water partition coefficient (Wildman–Crippen LogP) is 2.67.